The van der Waals surface area contributed by atoms with Gasteiger partial charge in [-0.3, -0.25) is 14.6 Å². The molecular weight excluding hydrogens is 370 g/mol. The molecule has 0 spiro atoms. The van der Waals surface area contributed by atoms with Crippen molar-refractivity contribution < 1.29 is 9.53 Å². The van der Waals surface area contributed by atoms with Crippen LogP contribution in [0.1, 0.15) is 38.5 Å². The molecule has 0 aliphatic heterocycles. The summed E-state index contributed by atoms with van der Waals surface area (Å²) in [4.78, 5) is 19.3. The highest BCUT2D eigenvalue weighted by Crippen LogP contribution is 2.13. The third kappa shape index (κ3) is 14.8. The molecule has 0 aromatic carbocycles. The van der Waals surface area contributed by atoms with Gasteiger partial charge in [0, 0.05) is 13.1 Å². The Labute approximate surface area is 178 Å². The van der Waals surface area contributed by atoms with Crippen molar-refractivity contribution in [3.8, 4) is 0 Å². The van der Waals surface area contributed by atoms with Crippen molar-refractivity contribution in [1.29, 1.82) is 0 Å². The largest absolute Gasteiger partial charge is 0.448 e. The van der Waals surface area contributed by atoms with Crippen molar-refractivity contribution in [3.63, 3.8) is 0 Å². The number of rotatable bonds is 20. The normalized spacial score (nSPS) is 12.9. The molecule has 8 N–H and O–H groups in total. The van der Waals surface area contributed by atoms with Gasteiger partial charge in [-0.15, -0.1) is 0 Å². The van der Waals surface area contributed by atoms with E-state index in [0.717, 1.165) is 71.2 Å². The van der Waals surface area contributed by atoms with Gasteiger partial charge in [0.2, 0.25) is 0 Å². The lowest BCUT2D eigenvalue weighted by atomic mass is 10.1. The van der Waals surface area contributed by atoms with Crippen LogP contribution in [0.4, 0.5) is 0 Å². The van der Waals surface area contributed by atoms with Crippen molar-refractivity contribution >= 4 is 5.97 Å². The van der Waals surface area contributed by atoms with Crippen LogP contribution in [0.3, 0.4) is 0 Å². The van der Waals surface area contributed by atoms with Gasteiger partial charge in [-0.25, -0.2) is 0 Å². The maximum absolute atomic E-state index is 12.8. The molecule has 0 saturated carbocycles. The van der Waals surface area contributed by atoms with E-state index in [1.165, 1.54) is 0 Å². The number of hydrogen-bond acceptors (Lipinski definition) is 9. The van der Waals surface area contributed by atoms with Crippen LogP contribution < -0.4 is 22.9 Å². The van der Waals surface area contributed by atoms with Gasteiger partial charge in [0.05, 0.1) is 0 Å². The maximum atomic E-state index is 12.8. The van der Waals surface area contributed by atoms with Crippen LogP contribution in [0.25, 0.3) is 0 Å². The van der Waals surface area contributed by atoms with Gasteiger partial charge in [-0.1, -0.05) is 0 Å². The van der Waals surface area contributed by atoms with Gasteiger partial charge in [0.25, 0.3) is 0 Å². The third-order valence-electron chi connectivity index (χ3n) is 4.79. The Hall–Kier alpha value is -0.810. The minimum Gasteiger partial charge on any atom is -0.448 e. The van der Waals surface area contributed by atoms with E-state index < -0.39 is 0 Å². The van der Waals surface area contributed by atoms with Gasteiger partial charge >= 0.3 is 5.97 Å². The predicted octanol–water partition coefficient (Wildman–Crippen LogP) is -0.803. The van der Waals surface area contributed by atoms with Crippen LogP contribution in [-0.2, 0) is 9.53 Å². The summed E-state index contributed by atoms with van der Waals surface area (Å²) in [5.74, 6) is -0.164. The summed E-state index contributed by atoms with van der Waals surface area (Å²) >= 11 is 0. The van der Waals surface area contributed by atoms with Crippen molar-refractivity contribution in [1.82, 2.24) is 14.7 Å². The summed E-state index contributed by atoms with van der Waals surface area (Å²) in [6.45, 7) is 7.29. The molecule has 9 heteroatoms. The molecule has 0 bridgehead atoms. The Morgan fingerprint density at radius 3 is 1.66 bits per heavy atom. The lowest BCUT2D eigenvalue weighted by Crippen LogP contribution is -2.45. The molecular formula is C20H47N7O2. The van der Waals surface area contributed by atoms with Gasteiger partial charge in [0.1, 0.15) is 12.8 Å². The van der Waals surface area contributed by atoms with Crippen LogP contribution in [-0.4, -0.2) is 106 Å². The minimum atomic E-state index is -0.265. The molecule has 0 aromatic heterocycles. The Kier molecular flexibility index (Phi) is 18.6. The molecule has 1 unspecified atom stereocenters. The lowest BCUT2D eigenvalue weighted by molar-refractivity contribution is -0.154. The Morgan fingerprint density at radius 2 is 1.21 bits per heavy atom. The average molecular weight is 418 g/mol. The van der Waals surface area contributed by atoms with Gasteiger partial charge in [-0.05, 0) is 98.4 Å². The lowest BCUT2D eigenvalue weighted by Gasteiger charge is -2.31. The highest BCUT2D eigenvalue weighted by molar-refractivity contribution is 5.75. The van der Waals surface area contributed by atoms with Crippen LogP contribution in [0, 0.1) is 0 Å². The Bertz CT molecular complexity index is 370. The molecule has 1 atom stereocenters. The summed E-state index contributed by atoms with van der Waals surface area (Å²) in [6.07, 6.45) is 5.31. The highest BCUT2D eigenvalue weighted by Gasteiger charge is 2.27. The van der Waals surface area contributed by atoms with Crippen LogP contribution in [0.5, 0.6) is 0 Å². The van der Waals surface area contributed by atoms with Crippen molar-refractivity contribution in [2.24, 2.45) is 22.9 Å². The van der Waals surface area contributed by atoms with E-state index in [0.29, 0.717) is 26.2 Å². The first-order valence-electron chi connectivity index (χ1n) is 11.1. The predicted molar refractivity (Wildman–Crippen MR) is 120 cm³/mol. The second-order valence-corrected chi connectivity index (χ2v) is 7.78. The number of carbonyl (C=O) groups excluding carboxylic acids is 1. The molecule has 0 amide bonds. The van der Waals surface area contributed by atoms with Crippen LogP contribution in [0.2, 0.25) is 0 Å². The molecule has 0 rings (SSSR count). The molecule has 174 valence electrons. The van der Waals surface area contributed by atoms with Crippen LogP contribution in [0.15, 0.2) is 0 Å². The first-order chi connectivity index (χ1) is 14.0. The summed E-state index contributed by atoms with van der Waals surface area (Å²) < 4.78 is 5.53. The van der Waals surface area contributed by atoms with Gasteiger partial charge in [-0.2, -0.15) is 0 Å². The monoisotopic (exact) mass is 417 g/mol. The fourth-order valence-corrected chi connectivity index (χ4v) is 3.22. The number of carbonyl (C=O) groups is 1. The second-order valence-electron chi connectivity index (χ2n) is 7.78. The van der Waals surface area contributed by atoms with Crippen molar-refractivity contribution in [2.45, 2.75) is 44.6 Å². The number of nitrogens with two attached hydrogens (primary N) is 4. The van der Waals surface area contributed by atoms with E-state index in [9.17, 15) is 4.79 Å². The molecule has 0 heterocycles. The fourth-order valence-electron chi connectivity index (χ4n) is 3.22. The fraction of sp³-hybridized carbons (Fsp3) is 0.950. The van der Waals surface area contributed by atoms with E-state index in [4.69, 9.17) is 27.7 Å². The van der Waals surface area contributed by atoms with Crippen molar-refractivity contribution in [3.05, 3.63) is 0 Å². The number of hydrogen-bond donors (Lipinski definition) is 4. The quantitative estimate of drug-likeness (QED) is 0.148. The third-order valence-corrected chi connectivity index (χ3v) is 4.79. The van der Waals surface area contributed by atoms with E-state index in [-0.39, 0.29) is 18.7 Å². The molecule has 0 fully saturated rings. The first-order valence-corrected chi connectivity index (χ1v) is 11.1. The number of nitrogens with zero attached hydrogens (tertiary/aromatic N) is 3. The SMILES string of the molecule is CN(C)COC(=O)C(CCCN(CCCN)CCCN)N(CCCN)CCCN. The molecule has 0 aliphatic rings. The second kappa shape index (κ2) is 19.2. The zero-order valence-electron chi connectivity index (χ0n) is 18.9. The molecule has 9 nitrogen and oxygen atoms in total. The standard InChI is InChI=1S/C20H47N7O2/c1-25(2)18-29-20(28)19(27(16-6-11-23)17-7-12-24)8-3-13-26(14-4-9-21)15-5-10-22/h19H,3-18,21-24H2,1-2H3. The Morgan fingerprint density at radius 1 is 0.759 bits per heavy atom. The Balaban J connectivity index is 4.96. The van der Waals surface area contributed by atoms with E-state index in [1.807, 2.05) is 19.0 Å². The number of ether oxygens (including phenoxy) is 1. The minimum absolute atomic E-state index is 0.164. The molecule has 0 saturated heterocycles. The zero-order chi connectivity index (χ0) is 21.9. The molecule has 0 radical (unpaired) electrons. The zero-order valence-corrected chi connectivity index (χ0v) is 18.9. The highest BCUT2D eigenvalue weighted by atomic mass is 16.5. The summed E-state index contributed by atoms with van der Waals surface area (Å²) in [5, 5.41) is 0. The van der Waals surface area contributed by atoms with E-state index in [2.05, 4.69) is 9.80 Å². The summed E-state index contributed by atoms with van der Waals surface area (Å²) in [5.41, 5.74) is 22.8. The van der Waals surface area contributed by atoms with Gasteiger partial charge < -0.3 is 32.6 Å². The average Bonchev–Trinajstić information content (AvgIpc) is 2.71. The van der Waals surface area contributed by atoms with E-state index >= 15 is 0 Å². The summed E-state index contributed by atoms with van der Waals surface area (Å²) in [6, 6.07) is -0.265. The van der Waals surface area contributed by atoms with Crippen molar-refractivity contribution in [2.75, 3.05) is 79.7 Å². The maximum Gasteiger partial charge on any atom is 0.324 e. The van der Waals surface area contributed by atoms with Crippen LogP contribution >= 0.6 is 0 Å². The topological polar surface area (TPSA) is 140 Å². The smallest absolute Gasteiger partial charge is 0.324 e. The molecule has 0 aliphatic carbocycles. The summed E-state index contributed by atoms with van der Waals surface area (Å²) in [7, 11) is 3.77. The molecule has 29 heavy (non-hydrogen) atoms. The van der Waals surface area contributed by atoms with E-state index in [1.54, 1.807) is 0 Å². The molecule has 0 aromatic rings. The number of esters is 1. The first kappa shape index (κ1) is 28.2. The van der Waals surface area contributed by atoms with Gasteiger partial charge in [0.15, 0.2) is 0 Å².